The maximum Gasteiger partial charge on any atom is 0.0930 e. The average Bonchev–Trinajstić information content (AvgIpc) is 2.16. The molecule has 1 N–H and O–H groups in total. The maximum absolute atomic E-state index is 10.8. The van der Waals surface area contributed by atoms with Crippen LogP contribution in [0, 0.1) is 23.7 Å². The van der Waals surface area contributed by atoms with Crippen molar-refractivity contribution >= 4 is 0 Å². The molecule has 0 aromatic heterocycles. The predicted molar refractivity (Wildman–Crippen MR) is 67.3 cm³/mol. The summed E-state index contributed by atoms with van der Waals surface area (Å²) < 4.78 is 5.24. The molecule has 0 radical (unpaired) electrons. The first kappa shape index (κ1) is 14.0. The van der Waals surface area contributed by atoms with Crippen LogP contribution in [0.15, 0.2) is 0 Å². The van der Waals surface area contributed by atoms with E-state index < -0.39 is 5.60 Å². The van der Waals surface area contributed by atoms with Gasteiger partial charge in [-0.15, -0.1) is 0 Å². The average molecular weight is 228 g/mol. The number of rotatable bonds is 4. The van der Waals surface area contributed by atoms with Crippen LogP contribution in [0.5, 0.6) is 0 Å². The summed E-state index contributed by atoms with van der Waals surface area (Å²) in [7, 11) is 1.68. The lowest BCUT2D eigenvalue weighted by Gasteiger charge is -2.44. The van der Waals surface area contributed by atoms with Gasteiger partial charge in [-0.2, -0.15) is 0 Å². The third-order valence-corrected chi connectivity index (χ3v) is 4.26. The smallest absolute Gasteiger partial charge is 0.0930 e. The molecule has 96 valence electrons. The molecule has 0 saturated heterocycles. The highest BCUT2D eigenvalue weighted by atomic mass is 16.5. The number of ether oxygens (including phenoxy) is 1. The van der Waals surface area contributed by atoms with Crippen LogP contribution < -0.4 is 0 Å². The molecule has 3 atom stereocenters. The van der Waals surface area contributed by atoms with Gasteiger partial charge in [0.2, 0.25) is 0 Å². The van der Waals surface area contributed by atoms with Gasteiger partial charge in [0.1, 0.15) is 0 Å². The van der Waals surface area contributed by atoms with Crippen molar-refractivity contribution < 1.29 is 9.84 Å². The van der Waals surface area contributed by atoms with E-state index in [1.165, 1.54) is 6.42 Å². The summed E-state index contributed by atoms with van der Waals surface area (Å²) in [5.74, 6) is 2.12. The number of methoxy groups -OCH3 is 1. The zero-order valence-electron chi connectivity index (χ0n) is 11.5. The van der Waals surface area contributed by atoms with Gasteiger partial charge in [-0.05, 0) is 42.9 Å². The molecule has 0 aliphatic heterocycles. The molecule has 16 heavy (non-hydrogen) atoms. The monoisotopic (exact) mass is 228 g/mol. The fourth-order valence-corrected chi connectivity index (χ4v) is 3.34. The van der Waals surface area contributed by atoms with E-state index in [-0.39, 0.29) is 5.92 Å². The quantitative estimate of drug-likeness (QED) is 0.801. The van der Waals surface area contributed by atoms with Crippen molar-refractivity contribution in [1.29, 1.82) is 0 Å². The molecule has 2 heteroatoms. The van der Waals surface area contributed by atoms with E-state index in [1.807, 2.05) is 0 Å². The number of aliphatic hydroxyl groups is 1. The molecule has 0 bridgehead atoms. The molecular formula is C14H28O2. The van der Waals surface area contributed by atoms with Gasteiger partial charge in [-0.1, -0.05) is 27.7 Å². The highest BCUT2D eigenvalue weighted by molar-refractivity contribution is 4.93. The van der Waals surface area contributed by atoms with Gasteiger partial charge >= 0.3 is 0 Å². The third kappa shape index (κ3) is 2.98. The Labute approximate surface area is 100 Å². The van der Waals surface area contributed by atoms with Crippen LogP contribution in [0.1, 0.15) is 47.0 Å². The van der Waals surface area contributed by atoms with Crippen molar-refractivity contribution in [2.45, 2.75) is 52.6 Å². The highest BCUT2D eigenvalue weighted by Gasteiger charge is 2.42. The summed E-state index contributed by atoms with van der Waals surface area (Å²) >= 11 is 0. The molecule has 3 unspecified atom stereocenters. The molecule has 0 aromatic rings. The molecule has 1 aliphatic rings. The van der Waals surface area contributed by atoms with Crippen LogP contribution in [-0.2, 0) is 4.74 Å². The molecule has 2 nitrogen and oxygen atoms in total. The molecule has 1 saturated carbocycles. The Kier molecular flexibility index (Phi) is 4.81. The number of hydrogen-bond acceptors (Lipinski definition) is 2. The van der Waals surface area contributed by atoms with Crippen molar-refractivity contribution in [1.82, 2.24) is 0 Å². The summed E-state index contributed by atoms with van der Waals surface area (Å²) in [6.07, 6.45) is 3.59. The second-order valence-electron chi connectivity index (χ2n) is 6.19. The standard InChI is InChI=1S/C14H28O2/c1-10(2)14(15,9-16-5)13-7-11(3)6-12(4)8-13/h10-13,15H,6-9H2,1-5H3. The van der Waals surface area contributed by atoms with Crippen LogP contribution in [0.3, 0.4) is 0 Å². The van der Waals surface area contributed by atoms with Gasteiger partial charge in [-0.25, -0.2) is 0 Å². The van der Waals surface area contributed by atoms with Crippen molar-refractivity contribution in [3.8, 4) is 0 Å². The molecule has 0 heterocycles. The predicted octanol–water partition coefficient (Wildman–Crippen LogP) is 3.09. The second kappa shape index (κ2) is 5.50. The van der Waals surface area contributed by atoms with Crippen molar-refractivity contribution in [2.75, 3.05) is 13.7 Å². The Morgan fingerprint density at radius 2 is 1.69 bits per heavy atom. The zero-order chi connectivity index (χ0) is 12.3. The topological polar surface area (TPSA) is 29.5 Å². The Bertz CT molecular complexity index is 205. The second-order valence-corrected chi connectivity index (χ2v) is 6.19. The minimum Gasteiger partial charge on any atom is -0.387 e. The summed E-state index contributed by atoms with van der Waals surface area (Å²) in [5, 5.41) is 10.8. The molecule has 1 fully saturated rings. The van der Waals surface area contributed by atoms with Crippen LogP contribution in [0.25, 0.3) is 0 Å². The summed E-state index contributed by atoms with van der Waals surface area (Å²) in [6.45, 7) is 9.27. The maximum atomic E-state index is 10.8. The highest BCUT2D eigenvalue weighted by Crippen LogP contribution is 2.41. The molecule has 0 spiro atoms. The van der Waals surface area contributed by atoms with Crippen molar-refractivity contribution in [2.24, 2.45) is 23.7 Å². The van der Waals surface area contributed by atoms with Gasteiger partial charge in [0, 0.05) is 7.11 Å². The van der Waals surface area contributed by atoms with Gasteiger partial charge in [0.05, 0.1) is 12.2 Å². The fourth-order valence-electron chi connectivity index (χ4n) is 3.34. The third-order valence-electron chi connectivity index (χ3n) is 4.26. The molecule has 0 amide bonds. The lowest BCUT2D eigenvalue weighted by atomic mass is 9.66. The largest absolute Gasteiger partial charge is 0.387 e. The summed E-state index contributed by atoms with van der Waals surface area (Å²) in [5.41, 5.74) is -0.641. The van der Waals surface area contributed by atoms with Crippen LogP contribution >= 0.6 is 0 Å². The van der Waals surface area contributed by atoms with E-state index in [9.17, 15) is 5.11 Å². The summed E-state index contributed by atoms with van der Waals surface area (Å²) in [4.78, 5) is 0. The Morgan fingerprint density at radius 3 is 2.06 bits per heavy atom. The van der Waals surface area contributed by atoms with Crippen LogP contribution in [-0.4, -0.2) is 24.4 Å². The van der Waals surface area contributed by atoms with E-state index in [4.69, 9.17) is 4.74 Å². The Hall–Kier alpha value is -0.0800. The van der Waals surface area contributed by atoms with E-state index in [0.29, 0.717) is 12.5 Å². The normalized spacial score (nSPS) is 35.1. The van der Waals surface area contributed by atoms with Gasteiger partial charge < -0.3 is 9.84 Å². The lowest BCUT2D eigenvalue weighted by Crippen LogP contribution is -2.49. The minimum absolute atomic E-state index is 0.259. The van der Waals surface area contributed by atoms with Crippen LogP contribution in [0.4, 0.5) is 0 Å². The van der Waals surface area contributed by atoms with E-state index >= 15 is 0 Å². The first-order valence-corrected chi connectivity index (χ1v) is 6.61. The Balaban J connectivity index is 2.77. The zero-order valence-corrected chi connectivity index (χ0v) is 11.5. The summed E-state index contributed by atoms with van der Waals surface area (Å²) in [6, 6.07) is 0. The van der Waals surface area contributed by atoms with E-state index in [0.717, 1.165) is 24.7 Å². The van der Waals surface area contributed by atoms with Gasteiger partial charge in [-0.3, -0.25) is 0 Å². The lowest BCUT2D eigenvalue weighted by molar-refractivity contribution is -0.123. The van der Waals surface area contributed by atoms with E-state index in [2.05, 4.69) is 27.7 Å². The SMILES string of the molecule is COCC(O)(C(C)C)C1CC(C)CC(C)C1. The van der Waals surface area contributed by atoms with Crippen molar-refractivity contribution in [3.63, 3.8) is 0 Å². The first-order chi connectivity index (χ1) is 7.40. The van der Waals surface area contributed by atoms with Gasteiger partial charge in [0.15, 0.2) is 0 Å². The minimum atomic E-state index is -0.641. The number of hydrogen-bond donors (Lipinski definition) is 1. The first-order valence-electron chi connectivity index (χ1n) is 6.61. The Morgan fingerprint density at radius 1 is 1.19 bits per heavy atom. The van der Waals surface area contributed by atoms with Crippen molar-refractivity contribution in [3.05, 3.63) is 0 Å². The van der Waals surface area contributed by atoms with Gasteiger partial charge in [0.25, 0.3) is 0 Å². The molecule has 1 aliphatic carbocycles. The molecule has 0 aromatic carbocycles. The van der Waals surface area contributed by atoms with E-state index in [1.54, 1.807) is 7.11 Å². The molecular weight excluding hydrogens is 200 g/mol. The molecule has 1 rings (SSSR count). The fraction of sp³-hybridized carbons (Fsp3) is 1.00. The van der Waals surface area contributed by atoms with Crippen LogP contribution in [0.2, 0.25) is 0 Å².